The topological polar surface area (TPSA) is 57.2 Å². The first-order valence-corrected chi connectivity index (χ1v) is 18.3. The zero-order valence-corrected chi connectivity index (χ0v) is 34.6. The quantitative estimate of drug-likeness (QED) is 0.150. The Morgan fingerprint density at radius 2 is 1.09 bits per heavy atom. The van der Waals surface area contributed by atoms with Gasteiger partial charge >= 0.3 is 21.1 Å². The first-order chi connectivity index (χ1) is 26.4. The minimum Gasteiger partial charge on any atom is -0.280 e. The summed E-state index contributed by atoms with van der Waals surface area (Å²) < 4.78 is 0. The van der Waals surface area contributed by atoms with E-state index in [1.54, 1.807) is 24.3 Å². The summed E-state index contributed by atoms with van der Waals surface area (Å²) in [5.41, 5.74) is 10.8. The molecule has 2 aromatic heterocycles. The monoisotopic (exact) mass is 906 g/mol. The Morgan fingerprint density at radius 1 is 0.607 bits per heavy atom. The van der Waals surface area contributed by atoms with Gasteiger partial charge in [0.15, 0.2) is 0 Å². The van der Waals surface area contributed by atoms with Crippen LogP contribution in [0.1, 0.15) is 58.2 Å². The Morgan fingerprint density at radius 3 is 1.55 bits per heavy atom. The molecule has 0 N–H and O–H groups in total. The SMILES string of the molecule is [C-]#[N+]c1cc[c-]c(-c2nc(N(c3cc(C(C)(C)C)cc(C(C)(C)C)c3)c3ccc(-c4ccccc4)c(-c4[c-]ccc(C#N)c4)n3)ccc2-c2ccccc2)c1.[Pt+2]. The Bertz CT molecular complexity index is 2410. The Labute approximate surface area is 345 Å². The summed E-state index contributed by atoms with van der Waals surface area (Å²) in [5, 5.41) is 9.86. The van der Waals surface area contributed by atoms with Crippen LogP contribution in [0.15, 0.2) is 140 Å². The standard InChI is InChI=1S/C50H41N5.Pt/c1-49(2,3)39-30-40(50(4,5)6)32-42(31-39)55(45-26-24-43(35-17-10-8-11-18-35)47(53-45)37-21-14-16-34(28-37)33-51)46-27-25-44(36-19-12-9-13-20-36)48(54-46)38-22-15-23-41(29-38)52-7;/h8-20,23-32H,1-6H3;/q-2;+2. The van der Waals surface area contributed by atoms with Crippen LogP contribution in [0.2, 0.25) is 0 Å². The molecule has 5 aromatic carbocycles. The van der Waals surface area contributed by atoms with Gasteiger partial charge in [-0.15, -0.1) is 53.6 Å². The van der Waals surface area contributed by atoms with E-state index in [0.29, 0.717) is 34.3 Å². The molecule has 0 bridgehead atoms. The van der Waals surface area contributed by atoms with E-state index >= 15 is 0 Å². The van der Waals surface area contributed by atoms with Crippen molar-refractivity contribution in [3.8, 4) is 50.8 Å². The average Bonchev–Trinajstić information content (AvgIpc) is 3.21. The third-order valence-electron chi connectivity index (χ3n) is 9.65. The largest absolute Gasteiger partial charge is 2.00 e. The Balaban J connectivity index is 0.00000532. The van der Waals surface area contributed by atoms with E-state index in [-0.39, 0.29) is 31.9 Å². The van der Waals surface area contributed by atoms with Crippen molar-refractivity contribution < 1.29 is 21.1 Å². The number of nitriles is 1. The number of aromatic nitrogens is 2. The molecule has 0 radical (unpaired) electrons. The van der Waals surface area contributed by atoms with E-state index in [4.69, 9.17) is 16.5 Å². The third-order valence-corrected chi connectivity index (χ3v) is 9.65. The predicted molar refractivity (Wildman–Crippen MR) is 225 cm³/mol. The van der Waals surface area contributed by atoms with Gasteiger partial charge in [-0.3, -0.25) is 19.7 Å². The van der Waals surface area contributed by atoms with Gasteiger partial charge in [0.2, 0.25) is 0 Å². The summed E-state index contributed by atoms with van der Waals surface area (Å²) in [6.45, 7) is 21.1. The van der Waals surface area contributed by atoms with Gasteiger partial charge in [-0.05, 0) is 85.4 Å². The molecule has 0 spiro atoms. The normalized spacial score (nSPS) is 11.2. The smallest absolute Gasteiger partial charge is 0.280 e. The maximum atomic E-state index is 9.86. The maximum Gasteiger partial charge on any atom is 2.00 e. The van der Waals surface area contributed by atoms with Crippen molar-refractivity contribution in [3.63, 3.8) is 0 Å². The number of anilines is 3. The van der Waals surface area contributed by atoms with Crippen LogP contribution < -0.4 is 4.90 Å². The zero-order chi connectivity index (χ0) is 38.7. The van der Waals surface area contributed by atoms with Crippen LogP contribution in [-0.2, 0) is 31.9 Å². The van der Waals surface area contributed by atoms with Crippen molar-refractivity contribution in [1.82, 2.24) is 9.97 Å². The molecule has 0 aliphatic rings. The average molecular weight is 907 g/mol. The van der Waals surface area contributed by atoms with Crippen molar-refractivity contribution >= 4 is 23.0 Å². The number of nitrogens with zero attached hydrogens (tertiary/aromatic N) is 5. The minimum atomic E-state index is -0.144. The molecular weight excluding hydrogens is 866 g/mol. The summed E-state index contributed by atoms with van der Waals surface area (Å²) in [7, 11) is 0. The maximum absolute atomic E-state index is 9.86. The summed E-state index contributed by atoms with van der Waals surface area (Å²) in [6, 6.07) is 55.2. The van der Waals surface area contributed by atoms with Crippen LogP contribution in [0.25, 0.3) is 49.6 Å². The molecule has 0 amide bonds. The Kier molecular flexibility index (Phi) is 11.5. The molecule has 0 saturated carbocycles. The molecule has 0 fully saturated rings. The number of rotatable bonds is 7. The second kappa shape index (κ2) is 16.3. The molecule has 7 rings (SSSR count). The van der Waals surface area contributed by atoms with E-state index < -0.39 is 0 Å². The van der Waals surface area contributed by atoms with E-state index in [1.165, 1.54) is 11.1 Å². The van der Waals surface area contributed by atoms with Gasteiger partial charge in [0, 0.05) is 5.69 Å². The molecule has 0 atom stereocenters. The van der Waals surface area contributed by atoms with Gasteiger partial charge in [-0.1, -0.05) is 120 Å². The first-order valence-electron chi connectivity index (χ1n) is 18.3. The van der Waals surface area contributed by atoms with E-state index in [0.717, 1.165) is 39.1 Å². The van der Waals surface area contributed by atoms with Gasteiger partial charge in [0.25, 0.3) is 0 Å². The van der Waals surface area contributed by atoms with Gasteiger partial charge in [-0.2, -0.15) is 11.3 Å². The number of benzene rings is 5. The molecular formula is C50H41N5Pt. The Hall–Kier alpha value is -6.13. The van der Waals surface area contributed by atoms with Crippen LogP contribution in [0.3, 0.4) is 0 Å². The van der Waals surface area contributed by atoms with Gasteiger partial charge in [-0.25, -0.2) is 0 Å². The molecule has 0 unspecified atom stereocenters. The predicted octanol–water partition coefficient (Wildman–Crippen LogP) is 13.2. The van der Waals surface area contributed by atoms with Crippen molar-refractivity contribution in [2.75, 3.05) is 4.90 Å². The number of hydrogen-bond acceptors (Lipinski definition) is 4. The molecule has 0 saturated heterocycles. The van der Waals surface area contributed by atoms with Crippen molar-refractivity contribution in [3.05, 3.63) is 180 Å². The van der Waals surface area contributed by atoms with E-state index in [2.05, 4.69) is 124 Å². The fourth-order valence-corrected chi connectivity index (χ4v) is 6.58. The van der Waals surface area contributed by atoms with Crippen LogP contribution in [-0.4, -0.2) is 9.97 Å². The fraction of sp³-hybridized carbons (Fsp3) is 0.160. The second-order valence-corrected chi connectivity index (χ2v) is 15.6. The zero-order valence-electron chi connectivity index (χ0n) is 32.3. The minimum absolute atomic E-state index is 0. The summed E-state index contributed by atoms with van der Waals surface area (Å²) in [6.07, 6.45) is 0. The van der Waals surface area contributed by atoms with Crippen LogP contribution in [0.5, 0.6) is 0 Å². The van der Waals surface area contributed by atoms with E-state index in [1.807, 2.05) is 60.7 Å². The molecule has 7 aromatic rings. The number of pyridine rings is 2. The van der Waals surface area contributed by atoms with Crippen LogP contribution in [0.4, 0.5) is 23.0 Å². The first kappa shape index (κ1) is 39.6. The van der Waals surface area contributed by atoms with E-state index in [9.17, 15) is 5.26 Å². The fourth-order valence-electron chi connectivity index (χ4n) is 6.58. The third kappa shape index (κ3) is 8.40. The molecule has 2 heterocycles. The summed E-state index contributed by atoms with van der Waals surface area (Å²) in [4.78, 5) is 16.7. The molecule has 5 nitrogen and oxygen atoms in total. The molecule has 56 heavy (non-hydrogen) atoms. The number of hydrogen-bond donors (Lipinski definition) is 0. The summed E-state index contributed by atoms with van der Waals surface area (Å²) in [5.74, 6) is 1.31. The second-order valence-electron chi connectivity index (χ2n) is 15.6. The van der Waals surface area contributed by atoms with Crippen molar-refractivity contribution in [2.45, 2.75) is 52.4 Å². The molecule has 0 aliphatic carbocycles. The van der Waals surface area contributed by atoms with Gasteiger partial charge in [0.05, 0.1) is 12.6 Å². The molecule has 0 aliphatic heterocycles. The summed E-state index contributed by atoms with van der Waals surface area (Å²) >= 11 is 0. The van der Waals surface area contributed by atoms with Crippen molar-refractivity contribution in [2.24, 2.45) is 0 Å². The van der Waals surface area contributed by atoms with Crippen LogP contribution >= 0.6 is 0 Å². The van der Waals surface area contributed by atoms with Gasteiger partial charge in [0.1, 0.15) is 17.3 Å². The van der Waals surface area contributed by atoms with Gasteiger partial charge < -0.3 is 0 Å². The van der Waals surface area contributed by atoms with Crippen LogP contribution in [0, 0.1) is 30.0 Å². The molecule has 276 valence electrons. The molecule has 6 heteroatoms. The van der Waals surface area contributed by atoms with Crippen molar-refractivity contribution in [1.29, 1.82) is 5.26 Å².